The molecule has 0 amide bonds. The molecule has 0 aromatic rings. The lowest BCUT2D eigenvalue weighted by molar-refractivity contribution is -0.148. The van der Waals surface area contributed by atoms with E-state index in [1.165, 1.54) is 6.42 Å². The normalized spacial score (nSPS) is 79.8. The lowest BCUT2D eigenvalue weighted by atomic mass is 9.53. The zero-order valence-electron chi connectivity index (χ0n) is 7.31. The number of ketones is 1. The molecule has 5 aliphatic rings. The Bertz CT molecular complexity index is 363. The Hall–Kier alpha value is -0.370. The summed E-state index contributed by atoms with van der Waals surface area (Å²) in [5.74, 6) is 4.66. The largest absolute Gasteiger partial charge is 0.382 e. The quantitative estimate of drug-likeness (QED) is 0.581. The Morgan fingerprint density at radius 2 is 2.08 bits per heavy atom. The number of Topliss-reactive ketones (excluding diaryl/α,β-unsaturated/α-hetero) is 1. The maximum absolute atomic E-state index is 11.9. The van der Waals surface area contributed by atoms with Gasteiger partial charge in [0.1, 0.15) is 5.60 Å². The predicted octanol–water partition coefficient (Wildman–Crippen LogP) is 0.448. The Kier molecular flexibility index (Phi) is 0.624. The van der Waals surface area contributed by atoms with Gasteiger partial charge in [0.25, 0.3) is 0 Å². The molecule has 5 saturated carbocycles. The molecule has 0 aliphatic heterocycles. The van der Waals surface area contributed by atoms with Gasteiger partial charge in [0.05, 0.1) is 0 Å². The number of hydrogen-bond acceptors (Lipinski definition) is 2. The molecule has 0 aromatic carbocycles. The van der Waals surface area contributed by atoms with Crippen LogP contribution in [0.3, 0.4) is 0 Å². The molecule has 68 valence electrons. The van der Waals surface area contributed by atoms with Crippen molar-refractivity contribution in [2.45, 2.75) is 18.4 Å². The van der Waals surface area contributed by atoms with Crippen LogP contribution >= 0.6 is 0 Å². The van der Waals surface area contributed by atoms with Gasteiger partial charge in [-0.15, -0.1) is 0 Å². The number of rotatable bonds is 0. The Labute approximate surface area is 76.3 Å². The van der Waals surface area contributed by atoms with Crippen LogP contribution in [0.4, 0.5) is 0 Å². The molecule has 5 rings (SSSR count). The van der Waals surface area contributed by atoms with Crippen molar-refractivity contribution in [2.24, 2.45) is 41.4 Å². The maximum Gasteiger partial charge on any atom is 0.168 e. The van der Waals surface area contributed by atoms with E-state index >= 15 is 0 Å². The fourth-order valence-corrected chi connectivity index (χ4v) is 6.12. The topological polar surface area (TPSA) is 37.3 Å². The summed E-state index contributed by atoms with van der Waals surface area (Å²) < 4.78 is 0. The van der Waals surface area contributed by atoms with Crippen molar-refractivity contribution in [2.75, 3.05) is 0 Å². The summed E-state index contributed by atoms with van der Waals surface area (Å²) in [6.45, 7) is 0. The van der Waals surface area contributed by atoms with Crippen LogP contribution in [0.1, 0.15) is 12.8 Å². The molecule has 0 heterocycles. The third kappa shape index (κ3) is 0.336. The van der Waals surface area contributed by atoms with Crippen LogP contribution in [-0.4, -0.2) is 16.5 Å². The molecular formula is C11H12O2. The second kappa shape index (κ2) is 1.31. The highest BCUT2D eigenvalue weighted by atomic mass is 16.3. The first-order valence-electron chi connectivity index (χ1n) is 5.50. The summed E-state index contributed by atoms with van der Waals surface area (Å²) in [7, 11) is 0. The summed E-state index contributed by atoms with van der Waals surface area (Å²) in [5, 5.41) is 10.3. The van der Waals surface area contributed by atoms with Gasteiger partial charge in [-0.1, -0.05) is 0 Å². The lowest BCUT2D eigenvalue weighted by Crippen LogP contribution is -2.52. The smallest absolute Gasteiger partial charge is 0.168 e. The monoisotopic (exact) mass is 176 g/mol. The van der Waals surface area contributed by atoms with Gasteiger partial charge < -0.3 is 5.11 Å². The van der Waals surface area contributed by atoms with Gasteiger partial charge in [0.15, 0.2) is 5.78 Å². The van der Waals surface area contributed by atoms with Gasteiger partial charge in [-0.05, 0) is 42.4 Å². The standard InChI is InChI=1S/C11H12O2/c12-10-8-6-4-1-3-5(6)2-11(10,13)9(3)7(4)8/h3-9,13H,1-2H2/t3-,4+,5-,6-,7+,8-,9+,11-/m0/s1. The average molecular weight is 176 g/mol. The van der Waals surface area contributed by atoms with Gasteiger partial charge >= 0.3 is 0 Å². The van der Waals surface area contributed by atoms with Crippen molar-refractivity contribution >= 4 is 5.78 Å². The van der Waals surface area contributed by atoms with Gasteiger partial charge in [-0.2, -0.15) is 0 Å². The molecule has 0 aromatic heterocycles. The van der Waals surface area contributed by atoms with E-state index in [1.807, 2.05) is 0 Å². The van der Waals surface area contributed by atoms with Gasteiger partial charge in [0.2, 0.25) is 0 Å². The highest BCUT2D eigenvalue weighted by molar-refractivity contribution is 5.96. The van der Waals surface area contributed by atoms with Crippen molar-refractivity contribution in [1.29, 1.82) is 0 Å². The third-order valence-electron chi connectivity index (χ3n) is 6.11. The van der Waals surface area contributed by atoms with Crippen molar-refractivity contribution in [1.82, 2.24) is 0 Å². The van der Waals surface area contributed by atoms with Crippen LogP contribution in [0.5, 0.6) is 0 Å². The predicted molar refractivity (Wildman–Crippen MR) is 43.6 cm³/mol. The van der Waals surface area contributed by atoms with Crippen LogP contribution in [0, 0.1) is 41.4 Å². The van der Waals surface area contributed by atoms with Gasteiger partial charge in [-0.25, -0.2) is 0 Å². The van der Waals surface area contributed by atoms with E-state index in [9.17, 15) is 9.90 Å². The second-order valence-electron chi connectivity index (χ2n) is 5.93. The second-order valence-corrected chi connectivity index (χ2v) is 5.93. The zero-order chi connectivity index (χ0) is 8.53. The van der Waals surface area contributed by atoms with E-state index in [0.29, 0.717) is 17.8 Å². The summed E-state index contributed by atoms with van der Waals surface area (Å²) in [5.41, 5.74) is -0.827. The fraction of sp³-hybridized carbons (Fsp3) is 0.909. The first-order chi connectivity index (χ1) is 6.23. The van der Waals surface area contributed by atoms with Crippen molar-refractivity contribution < 1.29 is 9.90 Å². The number of carbonyl (C=O) groups excluding carboxylic acids is 1. The lowest BCUT2D eigenvalue weighted by Gasteiger charge is -2.50. The Balaban J connectivity index is 1.89. The number of aliphatic hydroxyl groups is 1. The molecular weight excluding hydrogens is 164 g/mol. The maximum atomic E-state index is 11.9. The SMILES string of the molecule is O=C1[C@H]2[C@H]3[C@H]4C[C@H]5[C@@H]3C[C@]1(O)[C@H]5[C@H]42. The molecule has 1 N–H and O–H groups in total. The Morgan fingerprint density at radius 3 is 2.92 bits per heavy atom. The first-order valence-corrected chi connectivity index (χ1v) is 5.50. The summed E-state index contributed by atoms with van der Waals surface area (Å²) in [4.78, 5) is 11.9. The van der Waals surface area contributed by atoms with E-state index in [1.54, 1.807) is 0 Å². The molecule has 2 heteroatoms. The summed E-state index contributed by atoms with van der Waals surface area (Å²) in [6.07, 6.45) is 2.17. The average Bonchev–Trinajstić information content (AvgIpc) is 2.60. The van der Waals surface area contributed by atoms with Gasteiger partial charge in [0, 0.05) is 11.8 Å². The highest BCUT2D eigenvalue weighted by Gasteiger charge is 2.85. The number of hydrogen-bond donors (Lipinski definition) is 1. The highest BCUT2D eigenvalue weighted by Crippen LogP contribution is 2.83. The van der Waals surface area contributed by atoms with E-state index in [-0.39, 0.29) is 5.78 Å². The van der Waals surface area contributed by atoms with E-state index < -0.39 is 5.60 Å². The molecule has 5 fully saturated rings. The van der Waals surface area contributed by atoms with Crippen LogP contribution in [0.15, 0.2) is 0 Å². The summed E-state index contributed by atoms with van der Waals surface area (Å²) in [6, 6.07) is 0. The zero-order valence-corrected chi connectivity index (χ0v) is 7.31. The molecule has 5 aliphatic carbocycles. The van der Waals surface area contributed by atoms with Crippen LogP contribution < -0.4 is 0 Å². The van der Waals surface area contributed by atoms with Crippen molar-refractivity contribution in [3.63, 3.8) is 0 Å². The molecule has 13 heavy (non-hydrogen) atoms. The molecule has 2 bridgehead atoms. The number of fused-ring (bicyclic) bond motifs is 2. The van der Waals surface area contributed by atoms with Crippen LogP contribution in [0.25, 0.3) is 0 Å². The van der Waals surface area contributed by atoms with E-state index in [0.717, 1.165) is 30.1 Å². The summed E-state index contributed by atoms with van der Waals surface area (Å²) >= 11 is 0. The minimum Gasteiger partial charge on any atom is -0.382 e. The molecule has 8 atom stereocenters. The molecule has 2 nitrogen and oxygen atoms in total. The van der Waals surface area contributed by atoms with E-state index in [2.05, 4.69) is 0 Å². The van der Waals surface area contributed by atoms with Crippen LogP contribution in [0.2, 0.25) is 0 Å². The van der Waals surface area contributed by atoms with Crippen molar-refractivity contribution in [3.05, 3.63) is 0 Å². The minimum absolute atomic E-state index is 0.238. The van der Waals surface area contributed by atoms with E-state index in [4.69, 9.17) is 0 Å². The fourth-order valence-electron chi connectivity index (χ4n) is 6.12. The van der Waals surface area contributed by atoms with Crippen molar-refractivity contribution in [3.8, 4) is 0 Å². The molecule has 0 radical (unpaired) electrons. The third-order valence-corrected chi connectivity index (χ3v) is 6.11. The number of carbonyl (C=O) groups is 1. The van der Waals surface area contributed by atoms with Crippen LogP contribution in [-0.2, 0) is 4.79 Å². The molecule has 0 saturated heterocycles. The molecule has 0 unspecified atom stereocenters. The first kappa shape index (κ1) is 6.18. The van der Waals surface area contributed by atoms with Gasteiger partial charge in [-0.3, -0.25) is 4.79 Å². The minimum atomic E-state index is -0.827. The molecule has 0 spiro atoms. The Morgan fingerprint density at radius 1 is 1.23 bits per heavy atom.